The summed E-state index contributed by atoms with van der Waals surface area (Å²) in [6, 6.07) is 6.44. The van der Waals surface area contributed by atoms with E-state index in [1.54, 1.807) is 6.07 Å². The largest absolute Gasteiger partial charge is 0.508 e. The van der Waals surface area contributed by atoms with E-state index in [2.05, 4.69) is 25.2 Å². The number of aryl methyl sites for hydroxylation is 1. The van der Waals surface area contributed by atoms with E-state index in [4.69, 9.17) is 0 Å². The highest BCUT2D eigenvalue weighted by molar-refractivity contribution is 5.35. The number of nitrogens with one attached hydrogen (secondary N) is 1. The molecule has 2 rings (SSSR count). The Balaban J connectivity index is 1.83. The molecule has 1 aliphatic carbocycles. The lowest BCUT2D eigenvalue weighted by Gasteiger charge is -2.28. The first-order chi connectivity index (χ1) is 8.69. The molecule has 100 valence electrons. The Kier molecular flexibility index (Phi) is 4.65. The van der Waals surface area contributed by atoms with Gasteiger partial charge in [0.2, 0.25) is 0 Å². The fourth-order valence-corrected chi connectivity index (χ4v) is 2.89. The molecule has 0 spiro atoms. The molecule has 0 heterocycles. The lowest BCUT2D eigenvalue weighted by Crippen LogP contribution is -2.32. The highest BCUT2D eigenvalue weighted by atomic mass is 16.3. The molecule has 1 fully saturated rings. The summed E-state index contributed by atoms with van der Waals surface area (Å²) in [6.07, 6.45) is 6.60. The minimum Gasteiger partial charge on any atom is -0.508 e. The van der Waals surface area contributed by atoms with Crippen LogP contribution in [0.5, 0.6) is 5.75 Å². The zero-order chi connectivity index (χ0) is 13.0. The van der Waals surface area contributed by atoms with Crippen LogP contribution in [0.2, 0.25) is 0 Å². The maximum atomic E-state index is 9.80. The van der Waals surface area contributed by atoms with Crippen molar-refractivity contribution in [2.45, 2.75) is 58.5 Å². The lowest BCUT2D eigenvalue weighted by atomic mass is 9.84. The molecule has 0 amide bonds. The Morgan fingerprint density at radius 2 is 1.94 bits per heavy atom. The molecule has 18 heavy (non-hydrogen) atoms. The van der Waals surface area contributed by atoms with E-state index in [0.717, 1.165) is 18.0 Å². The number of benzene rings is 1. The highest BCUT2D eigenvalue weighted by Gasteiger charge is 2.19. The van der Waals surface area contributed by atoms with Gasteiger partial charge in [0.1, 0.15) is 5.75 Å². The Bertz CT molecular complexity index is 381. The van der Waals surface area contributed by atoms with Crippen LogP contribution in [-0.4, -0.2) is 11.1 Å². The van der Waals surface area contributed by atoms with Crippen molar-refractivity contribution >= 4 is 0 Å². The molecule has 2 nitrogen and oxygen atoms in total. The molecule has 0 atom stereocenters. The first-order valence-electron chi connectivity index (χ1n) is 7.21. The first-order valence-corrected chi connectivity index (χ1v) is 7.21. The maximum absolute atomic E-state index is 9.80. The van der Waals surface area contributed by atoms with Crippen LogP contribution in [0.1, 0.15) is 50.2 Å². The van der Waals surface area contributed by atoms with Crippen molar-refractivity contribution in [2.24, 2.45) is 5.92 Å². The number of hydrogen-bond acceptors (Lipinski definition) is 2. The summed E-state index contributed by atoms with van der Waals surface area (Å²) >= 11 is 0. The average molecular weight is 247 g/mol. The van der Waals surface area contributed by atoms with Gasteiger partial charge in [-0.25, -0.2) is 0 Å². The molecular formula is C16H25NO. The molecule has 0 saturated heterocycles. The molecule has 2 heteroatoms. The van der Waals surface area contributed by atoms with Crippen LogP contribution < -0.4 is 5.32 Å². The Labute approximate surface area is 110 Å². The van der Waals surface area contributed by atoms with E-state index in [-0.39, 0.29) is 0 Å². The summed E-state index contributed by atoms with van der Waals surface area (Å²) in [5, 5.41) is 13.4. The number of phenols is 1. The summed E-state index contributed by atoms with van der Waals surface area (Å²) in [4.78, 5) is 0. The third-order valence-corrected chi connectivity index (χ3v) is 4.24. The molecule has 0 radical (unpaired) electrons. The van der Waals surface area contributed by atoms with Gasteiger partial charge in [0.15, 0.2) is 0 Å². The summed E-state index contributed by atoms with van der Waals surface area (Å²) < 4.78 is 0. The van der Waals surface area contributed by atoms with Crippen LogP contribution in [0, 0.1) is 12.8 Å². The van der Waals surface area contributed by atoms with E-state index in [1.807, 2.05) is 6.07 Å². The fourth-order valence-electron chi connectivity index (χ4n) is 2.89. The van der Waals surface area contributed by atoms with Crippen LogP contribution in [0.15, 0.2) is 18.2 Å². The number of rotatable bonds is 4. The van der Waals surface area contributed by atoms with Crippen molar-refractivity contribution in [2.75, 3.05) is 0 Å². The van der Waals surface area contributed by atoms with Gasteiger partial charge in [0.25, 0.3) is 0 Å². The Morgan fingerprint density at radius 1 is 1.22 bits per heavy atom. The quantitative estimate of drug-likeness (QED) is 0.849. The molecular weight excluding hydrogens is 222 g/mol. The van der Waals surface area contributed by atoms with Gasteiger partial charge in [-0.1, -0.05) is 31.0 Å². The van der Waals surface area contributed by atoms with Crippen LogP contribution in [0.25, 0.3) is 0 Å². The van der Waals surface area contributed by atoms with Gasteiger partial charge in [-0.3, -0.25) is 0 Å². The van der Waals surface area contributed by atoms with E-state index < -0.39 is 0 Å². The van der Waals surface area contributed by atoms with Crippen molar-refractivity contribution in [3.05, 3.63) is 29.3 Å². The molecule has 0 bridgehead atoms. The zero-order valence-corrected chi connectivity index (χ0v) is 11.6. The van der Waals surface area contributed by atoms with Gasteiger partial charge in [-0.2, -0.15) is 0 Å². The summed E-state index contributed by atoms with van der Waals surface area (Å²) in [5.41, 5.74) is 2.23. The number of phenolic OH excluding ortho intramolecular Hbond substituents is 1. The van der Waals surface area contributed by atoms with Crippen molar-refractivity contribution in [1.29, 1.82) is 0 Å². The van der Waals surface area contributed by atoms with E-state index >= 15 is 0 Å². The van der Waals surface area contributed by atoms with Crippen LogP contribution in [0.3, 0.4) is 0 Å². The lowest BCUT2D eigenvalue weighted by molar-refractivity contribution is 0.284. The smallest absolute Gasteiger partial charge is 0.120 e. The predicted octanol–water partition coefficient (Wildman–Crippen LogP) is 3.76. The third kappa shape index (κ3) is 3.49. The zero-order valence-electron chi connectivity index (χ0n) is 11.6. The number of aromatic hydroxyl groups is 1. The maximum Gasteiger partial charge on any atom is 0.120 e. The van der Waals surface area contributed by atoms with Crippen molar-refractivity contribution in [3.63, 3.8) is 0 Å². The molecule has 0 aliphatic heterocycles. The minimum absolute atomic E-state index is 0.412. The third-order valence-electron chi connectivity index (χ3n) is 4.24. The second kappa shape index (κ2) is 6.24. The van der Waals surface area contributed by atoms with Crippen molar-refractivity contribution in [1.82, 2.24) is 5.32 Å². The van der Waals surface area contributed by atoms with Crippen molar-refractivity contribution in [3.8, 4) is 5.75 Å². The molecule has 1 aromatic carbocycles. The molecule has 1 aromatic rings. The standard InChI is InChI=1S/C16H25NO/c1-3-13-5-7-15(8-6-13)17-11-14-10-12(2)4-9-16(14)18/h4,9-10,13,15,17-18H,3,5-8,11H2,1-2H3. The van der Waals surface area contributed by atoms with Gasteiger partial charge in [-0.15, -0.1) is 0 Å². The SMILES string of the molecule is CCC1CCC(NCc2cc(C)ccc2O)CC1. The predicted molar refractivity (Wildman–Crippen MR) is 75.7 cm³/mol. The molecule has 1 saturated carbocycles. The fraction of sp³-hybridized carbons (Fsp3) is 0.625. The molecule has 0 unspecified atom stereocenters. The summed E-state index contributed by atoms with van der Waals surface area (Å²) in [6.45, 7) is 5.15. The van der Waals surface area contributed by atoms with Crippen molar-refractivity contribution < 1.29 is 5.11 Å². The molecule has 1 aliphatic rings. The normalized spacial score (nSPS) is 24.1. The van der Waals surface area contributed by atoms with E-state index in [1.165, 1.54) is 37.7 Å². The second-order valence-electron chi connectivity index (χ2n) is 5.64. The summed E-state index contributed by atoms with van der Waals surface area (Å²) in [7, 11) is 0. The first kappa shape index (κ1) is 13.4. The monoisotopic (exact) mass is 247 g/mol. The van der Waals surface area contributed by atoms with Gasteiger partial charge >= 0.3 is 0 Å². The van der Waals surface area contributed by atoms with E-state index in [0.29, 0.717) is 11.8 Å². The average Bonchev–Trinajstić information content (AvgIpc) is 2.40. The molecule has 2 N–H and O–H groups in total. The summed E-state index contributed by atoms with van der Waals surface area (Å²) in [5.74, 6) is 1.35. The van der Waals surface area contributed by atoms with Gasteiger partial charge in [0, 0.05) is 18.2 Å². The minimum atomic E-state index is 0.412. The Hall–Kier alpha value is -1.02. The van der Waals surface area contributed by atoms with E-state index in [9.17, 15) is 5.11 Å². The number of hydrogen-bond donors (Lipinski definition) is 2. The Morgan fingerprint density at radius 3 is 2.61 bits per heavy atom. The van der Waals surface area contributed by atoms with Gasteiger partial charge in [0.05, 0.1) is 0 Å². The second-order valence-corrected chi connectivity index (χ2v) is 5.64. The highest BCUT2D eigenvalue weighted by Crippen LogP contribution is 2.27. The molecule has 0 aromatic heterocycles. The van der Waals surface area contributed by atoms with Gasteiger partial charge in [-0.05, 0) is 44.6 Å². The van der Waals surface area contributed by atoms with Gasteiger partial charge < -0.3 is 10.4 Å². The van der Waals surface area contributed by atoms with Crippen LogP contribution in [-0.2, 0) is 6.54 Å². The topological polar surface area (TPSA) is 32.3 Å². The van der Waals surface area contributed by atoms with Crippen LogP contribution in [0.4, 0.5) is 0 Å². The van der Waals surface area contributed by atoms with Crippen LogP contribution >= 0.6 is 0 Å².